The topological polar surface area (TPSA) is 31.2 Å². The first-order chi connectivity index (χ1) is 13.2. The van der Waals surface area contributed by atoms with Gasteiger partial charge in [-0.1, -0.05) is 36.4 Å². The summed E-state index contributed by atoms with van der Waals surface area (Å²) in [4.78, 5) is 12.8. The third-order valence-corrected chi connectivity index (χ3v) is 4.68. The fourth-order valence-electron chi connectivity index (χ4n) is 3.20. The quantitative estimate of drug-likeness (QED) is 0.521. The molecule has 4 rings (SSSR count). The lowest BCUT2D eigenvalue weighted by Gasteiger charge is -2.10. The molecule has 1 aromatic heterocycles. The van der Waals surface area contributed by atoms with Crippen LogP contribution >= 0.6 is 0 Å². The van der Waals surface area contributed by atoms with Crippen molar-refractivity contribution in [3.05, 3.63) is 101 Å². The minimum atomic E-state index is -0.308. The van der Waals surface area contributed by atoms with Gasteiger partial charge in [-0.25, -0.2) is 4.39 Å². The molecule has 0 aliphatic carbocycles. The summed E-state index contributed by atoms with van der Waals surface area (Å²) in [7, 11) is 1.64. The maximum Gasteiger partial charge on any atom is 0.258 e. The molecule has 0 spiro atoms. The number of hydrogen-bond acceptors (Lipinski definition) is 2. The number of nitrogens with zero attached hydrogens (tertiary/aromatic N) is 1. The molecule has 0 saturated carbocycles. The Morgan fingerprint density at radius 2 is 1.74 bits per heavy atom. The molecule has 0 fully saturated rings. The summed E-state index contributed by atoms with van der Waals surface area (Å²) in [6.07, 6.45) is 1.71. The van der Waals surface area contributed by atoms with Crippen LogP contribution in [0.4, 0.5) is 4.39 Å². The molecule has 1 heterocycles. The van der Waals surface area contributed by atoms with E-state index in [0.29, 0.717) is 10.9 Å². The number of hydrogen-bond donors (Lipinski definition) is 0. The summed E-state index contributed by atoms with van der Waals surface area (Å²) in [5.41, 5.74) is 2.39. The summed E-state index contributed by atoms with van der Waals surface area (Å²) >= 11 is 0. The average Bonchev–Trinajstić information content (AvgIpc) is 2.71. The summed E-state index contributed by atoms with van der Waals surface area (Å²) < 4.78 is 20.7. The predicted octanol–water partition coefficient (Wildman–Crippen LogP) is 4.86. The van der Waals surface area contributed by atoms with E-state index in [-0.39, 0.29) is 17.9 Å². The van der Waals surface area contributed by atoms with E-state index in [1.807, 2.05) is 48.5 Å². The highest BCUT2D eigenvalue weighted by Gasteiger charge is 2.08. The molecule has 4 heteroatoms. The van der Waals surface area contributed by atoms with E-state index in [9.17, 15) is 9.18 Å². The number of halogens is 1. The Morgan fingerprint density at radius 3 is 2.56 bits per heavy atom. The van der Waals surface area contributed by atoms with Crippen LogP contribution in [0.15, 0.2) is 83.8 Å². The highest BCUT2D eigenvalue weighted by Crippen LogP contribution is 2.26. The Kier molecular flexibility index (Phi) is 4.47. The van der Waals surface area contributed by atoms with Gasteiger partial charge in [0.2, 0.25) is 0 Å². The van der Waals surface area contributed by atoms with Crippen LogP contribution in [0.2, 0.25) is 0 Å². The first-order valence-corrected chi connectivity index (χ1v) is 8.67. The zero-order valence-corrected chi connectivity index (χ0v) is 14.9. The number of ether oxygens (including phenoxy) is 1. The van der Waals surface area contributed by atoms with Crippen LogP contribution in [0.3, 0.4) is 0 Å². The predicted molar refractivity (Wildman–Crippen MR) is 106 cm³/mol. The molecule has 0 amide bonds. The molecule has 3 nitrogen and oxygen atoms in total. The van der Waals surface area contributed by atoms with Gasteiger partial charge >= 0.3 is 0 Å². The molecule has 0 saturated heterocycles. The van der Waals surface area contributed by atoms with Crippen molar-refractivity contribution in [3.8, 4) is 16.9 Å². The molecule has 0 aliphatic heterocycles. The van der Waals surface area contributed by atoms with Crippen LogP contribution in [-0.4, -0.2) is 11.7 Å². The number of methoxy groups -OCH3 is 1. The standard InChI is InChI=1S/C23H18FNO2/c1-27-20-7-4-6-16(14-20)17-9-10-21-18(13-17)11-12-25(23(21)26)15-19-5-2-3-8-22(19)24/h2-14H,15H2,1H3. The molecule has 0 unspecified atom stereocenters. The second-order valence-corrected chi connectivity index (χ2v) is 6.37. The molecule has 134 valence electrons. The first-order valence-electron chi connectivity index (χ1n) is 8.67. The molecular formula is C23H18FNO2. The lowest BCUT2D eigenvalue weighted by molar-refractivity contribution is 0.415. The van der Waals surface area contributed by atoms with Crippen LogP contribution in [0.5, 0.6) is 5.75 Å². The van der Waals surface area contributed by atoms with E-state index in [2.05, 4.69) is 0 Å². The summed E-state index contributed by atoms with van der Waals surface area (Å²) in [5.74, 6) is 0.478. The number of fused-ring (bicyclic) bond motifs is 1. The Hall–Kier alpha value is -3.40. The maximum absolute atomic E-state index is 13.9. The summed E-state index contributed by atoms with van der Waals surface area (Å²) in [5, 5.41) is 1.46. The van der Waals surface area contributed by atoms with Crippen LogP contribution in [-0.2, 0) is 6.54 Å². The van der Waals surface area contributed by atoms with E-state index in [1.54, 1.807) is 31.5 Å². The molecule has 3 aromatic carbocycles. The monoisotopic (exact) mass is 359 g/mol. The first kappa shape index (κ1) is 17.0. The molecule has 27 heavy (non-hydrogen) atoms. The third-order valence-electron chi connectivity index (χ3n) is 4.68. The van der Waals surface area contributed by atoms with Crippen LogP contribution < -0.4 is 10.3 Å². The highest BCUT2D eigenvalue weighted by atomic mass is 19.1. The Morgan fingerprint density at radius 1 is 0.926 bits per heavy atom. The van der Waals surface area contributed by atoms with Gasteiger partial charge in [0.1, 0.15) is 11.6 Å². The molecule has 0 aliphatic rings. The fourth-order valence-corrected chi connectivity index (χ4v) is 3.20. The molecule has 4 aromatic rings. The summed E-state index contributed by atoms with van der Waals surface area (Å²) in [6, 6.07) is 21.9. The van der Waals surface area contributed by atoms with Gasteiger partial charge in [0.25, 0.3) is 5.56 Å². The van der Waals surface area contributed by atoms with Crippen molar-refractivity contribution < 1.29 is 9.13 Å². The number of pyridine rings is 1. The van der Waals surface area contributed by atoms with Crippen molar-refractivity contribution in [2.75, 3.05) is 7.11 Å². The van der Waals surface area contributed by atoms with Crippen LogP contribution in [0.1, 0.15) is 5.56 Å². The normalized spacial score (nSPS) is 10.9. The van der Waals surface area contributed by atoms with Gasteiger partial charge < -0.3 is 9.30 Å². The zero-order valence-electron chi connectivity index (χ0n) is 14.9. The lowest BCUT2D eigenvalue weighted by atomic mass is 10.0. The van der Waals surface area contributed by atoms with Crippen molar-refractivity contribution in [1.82, 2.24) is 4.57 Å². The van der Waals surface area contributed by atoms with Crippen molar-refractivity contribution in [1.29, 1.82) is 0 Å². The van der Waals surface area contributed by atoms with Crippen molar-refractivity contribution in [3.63, 3.8) is 0 Å². The van der Waals surface area contributed by atoms with E-state index >= 15 is 0 Å². The van der Waals surface area contributed by atoms with Gasteiger partial charge in [-0.2, -0.15) is 0 Å². The van der Waals surface area contributed by atoms with Gasteiger partial charge in [-0.3, -0.25) is 4.79 Å². The fraction of sp³-hybridized carbons (Fsp3) is 0.0870. The summed E-state index contributed by atoms with van der Waals surface area (Å²) in [6.45, 7) is 0.207. The van der Waals surface area contributed by atoms with E-state index in [1.165, 1.54) is 10.6 Å². The van der Waals surface area contributed by atoms with Gasteiger partial charge in [-0.15, -0.1) is 0 Å². The molecular weight excluding hydrogens is 341 g/mol. The Bertz CT molecular complexity index is 1180. The van der Waals surface area contributed by atoms with Crippen LogP contribution in [0, 0.1) is 5.82 Å². The largest absolute Gasteiger partial charge is 0.497 e. The molecule has 0 radical (unpaired) electrons. The molecule has 0 atom stereocenters. The van der Waals surface area contributed by atoms with E-state index < -0.39 is 0 Å². The van der Waals surface area contributed by atoms with Crippen LogP contribution in [0.25, 0.3) is 21.9 Å². The van der Waals surface area contributed by atoms with Crippen molar-refractivity contribution in [2.45, 2.75) is 6.54 Å². The Labute approximate surface area is 156 Å². The van der Waals surface area contributed by atoms with Gasteiger partial charge in [0, 0.05) is 17.1 Å². The SMILES string of the molecule is COc1cccc(-c2ccc3c(=O)n(Cc4ccccc4F)ccc3c2)c1. The number of rotatable bonds is 4. The minimum absolute atomic E-state index is 0.132. The van der Waals surface area contributed by atoms with E-state index in [0.717, 1.165) is 22.3 Å². The van der Waals surface area contributed by atoms with Crippen molar-refractivity contribution in [2.24, 2.45) is 0 Å². The zero-order chi connectivity index (χ0) is 18.8. The maximum atomic E-state index is 13.9. The van der Waals surface area contributed by atoms with Gasteiger partial charge in [0.15, 0.2) is 0 Å². The average molecular weight is 359 g/mol. The number of benzene rings is 3. The lowest BCUT2D eigenvalue weighted by Crippen LogP contribution is -2.20. The van der Waals surface area contributed by atoms with Gasteiger partial charge in [-0.05, 0) is 52.9 Å². The smallest absolute Gasteiger partial charge is 0.258 e. The highest BCUT2D eigenvalue weighted by molar-refractivity contribution is 5.86. The third kappa shape index (κ3) is 3.34. The minimum Gasteiger partial charge on any atom is -0.497 e. The van der Waals surface area contributed by atoms with E-state index in [4.69, 9.17) is 4.74 Å². The van der Waals surface area contributed by atoms with Crippen molar-refractivity contribution >= 4 is 10.8 Å². The number of aromatic nitrogens is 1. The Balaban J connectivity index is 1.74. The molecule has 0 N–H and O–H groups in total. The van der Waals surface area contributed by atoms with Gasteiger partial charge in [0.05, 0.1) is 13.7 Å². The molecule has 0 bridgehead atoms. The second kappa shape index (κ2) is 7.08. The second-order valence-electron chi connectivity index (χ2n) is 6.37.